The summed E-state index contributed by atoms with van der Waals surface area (Å²) in [7, 11) is 10.9. The Bertz CT molecular complexity index is 69.3. The standard InChI is InChI=1S/C3H7N.2ClH.W/c1-2-3-4;;;/h2-3H2,1H3;2*1H;/q;;;+2/p-2. The van der Waals surface area contributed by atoms with E-state index in [4.69, 9.17) is 18.8 Å². The summed E-state index contributed by atoms with van der Waals surface area (Å²) in [4.78, 5) is 0. The van der Waals surface area contributed by atoms with Crippen molar-refractivity contribution in [2.75, 3.05) is 6.54 Å². The molecular formula is C3H7Cl2NW. The van der Waals surface area contributed by atoms with Gasteiger partial charge in [-0.25, -0.2) is 0 Å². The normalized spacial score (nSPS) is 9.71. The Morgan fingerprint density at radius 1 is 1.57 bits per heavy atom. The molecule has 0 aliphatic carbocycles. The molecule has 0 radical (unpaired) electrons. The first-order valence-electron chi connectivity index (χ1n) is 2.01. The summed E-state index contributed by atoms with van der Waals surface area (Å²) >= 11 is -2.06. The van der Waals surface area contributed by atoms with Crippen LogP contribution in [0.1, 0.15) is 13.3 Å². The molecule has 44 valence electrons. The minimum atomic E-state index is -2.06. The molecular weight excluding hydrogens is 305 g/mol. The van der Waals surface area contributed by atoms with Gasteiger partial charge in [0.15, 0.2) is 0 Å². The fourth-order valence-corrected chi connectivity index (χ4v) is 2.44. The molecule has 1 nitrogen and oxygen atoms in total. The van der Waals surface area contributed by atoms with E-state index in [0.717, 1.165) is 13.0 Å². The third-order valence-electron chi connectivity index (χ3n) is 0.412. The second kappa shape index (κ2) is 5.21. The molecule has 0 N–H and O–H groups in total. The molecule has 0 saturated heterocycles. The van der Waals surface area contributed by atoms with Crippen LogP contribution in [0.15, 0.2) is 3.50 Å². The SMILES string of the molecule is CCC[N]=[W]([Cl])[Cl]. The Labute approximate surface area is 57.3 Å². The Hall–Kier alpha value is 1.07. The fraction of sp³-hybridized carbons (Fsp3) is 1.00. The van der Waals surface area contributed by atoms with Gasteiger partial charge in [-0.2, -0.15) is 0 Å². The maximum atomic E-state index is 5.45. The summed E-state index contributed by atoms with van der Waals surface area (Å²) in [6, 6.07) is 0. The van der Waals surface area contributed by atoms with E-state index < -0.39 is 15.0 Å². The van der Waals surface area contributed by atoms with E-state index in [1.807, 2.05) is 0 Å². The number of rotatable bonds is 2. The molecule has 0 atom stereocenters. The van der Waals surface area contributed by atoms with Crippen LogP contribution in [0.3, 0.4) is 0 Å². The number of hydrogen-bond donors (Lipinski definition) is 0. The van der Waals surface area contributed by atoms with Crippen molar-refractivity contribution in [3.8, 4) is 0 Å². The zero-order valence-electron chi connectivity index (χ0n) is 4.03. The summed E-state index contributed by atoms with van der Waals surface area (Å²) in [5.41, 5.74) is 0. The van der Waals surface area contributed by atoms with Gasteiger partial charge in [0, 0.05) is 0 Å². The van der Waals surface area contributed by atoms with E-state index in [2.05, 4.69) is 10.4 Å². The molecule has 7 heavy (non-hydrogen) atoms. The average molecular weight is 312 g/mol. The molecule has 0 heterocycles. The van der Waals surface area contributed by atoms with E-state index in [1.165, 1.54) is 0 Å². The molecule has 0 bridgehead atoms. The van der Waals surface area contributed by atoms with Crippen LogP contribution in [0.4, 0.5) is 0 Å². The van der Waals surface area contributed by atoms with Crippen molar-refractivity contribution in [2.24, 2.45) is 3.50 Å². The Morgan fingerprint density at radius 3 is 2.29 bits per heavy atom. The van der Waals surface area contributed by atoms with Crippen LogP contribution in [-0.4, -0.2) is 6.54 Å². The van der Waals surface area contributed by atoms with Crippen LogP contribution >= 0.6 is 18.8 Å². The minimum absolute atomic E-state index is 0.848. The first kappa shape index (κ1) is 8.07. The van der Waals surface area contributed by atoms with Gasteiger partial charge in [0.1, 0.15) is 0 Å². The van der Waals surface area contributed by atoms with E-state index in [9.17, 15) is 0 Å². The molecule has 4 heteroatoms. The average Bonchev–Trinajstić information content (AvgIpc) is 1.61. The Morgan fingerprint density at radius 2 is 2.14 bits per heavy atom. The van der Waals surface area contributed by atoms with Crippen molar-refractivity contribution in [1.82, 2.24) is 0 Å². The zero-order valence-corrected chi connectivity index (χ0v) is 8.47. The Balaban J connectivity index is 3.08. The van der Waals surface area contributed by atoms with Crippen molar-refractivity contribution in [3.05, 3.63) is 0 Å². The second-order valence-electron chi connectivity index (χ2n) is 1.05. The molecule has 0 aromatic rings. The maximum absolute atomic E-state index is 5.45. The summed E-state index contributed by atoms with van der Waals surface area (Å²) in [6.07, 6.45) is 1.06. The molecule has 0 amide bonds. The van der Waals surface area contributed by atoms with Gasteiger partial charge in [-0.05, 0) is 0 Å². The van der Waals surface area contributed by atoms with Crippen LogP contribution in [0.5, 0.6) is 0 Å². The predicted octanol–water partition coefficient (Wildman–Crippen LogP) is 2.51. The van der Waals surface area contributed by atoms with Crippen LogP contribution < -0.4 is 0 Å². The van der Waals surface area contributed by atoms with E-state index in [0.29, 0.717) is 0 Å². The van der Waals surface area contributed by atoms with Gasteiger partial charge >= 0.3 is 57.3 Å². The van der Waals surface area contributed by atoms with Crippen molar-refractivity contribution < 1.29 is 15.0 Å². The molecule has 0 fully saturated rings. The van der Waals surface area contributed by atoms with Crippen LogP contribution in [-0.2, 0) is 15.0 Å². The molecule has 0 aromatic carbocycles. The number of hydrogen-bond acceptors (Lipinski definition) is 1. The van der Waals surface area contributed by atoms with Crippen molar-refractivity contribution in [3.63, 3.8) is 0 Å². The summed E-state index contributed by atoms with van der Waals surface area (Å²) < 4.78 is 3.97. The first-order valence-corrected chi connectivity index (χ1v) is 10.6. The quantitative estimate of drug-likeness (QED) is 0.743. The van der Waals surface area contributed by atoms with Gasteiger partial charge in [-0.3, -0.25) is 0 Å². The van der Waals surface area contributed by atoms with Gasteiger partial charge in [-0.15, -0.1) is 0 Å². The third kappa shape index (κ3) is 7.07. The molecule has 0 aliphatic rings. The predicted molar refractivity (Wildman–Crippen MR) is 29.3 cm³/mol. The summed E-state index contributed by atoms with van der Waals surface area (Å²) in [5.74, 6) is 0. The van der Waals surface area contributed by atoms with Crippen LogP contribution in [0.2, 0.25) is 0 Å². The van der Waals surface area contributed by atoms with Crippen LogP contribution in [0.25, 0.3) is 0 Å². The van der Waals surface area contributed by atoms with Crippen molar-refractivity contribution in [1.29, 1.82) is 0 Å². The monoisotopic (exact) mass is 311 g/mol. The molecule has 0 spiro atoms. The Kier molecular flexibility index (Phi) is 6.00. The fourth-order valence-electron chi connectivity index (χ4n) is 0.160. The molecule has 0 saturated carbocycles. The van der Waals surface area contributed by atoms with Gasteiger partial charge in [-0.1, -0.05) is 0 Å². The topological polar surface area (TPSA) is 12.4 Å². The second-order valence-corrected chi connectivity index (χ2v) is 9.47. The summed E-state index contributed by atoms with van der Waals surface area (Å²) in [6.45, 7) is 2.91. The first-order chi connectivity index (χ1) is 3.27. The number of halogens is 2. The summed E-state index contributed by atoms with van der Waals surface area (Å²) in [5, 5.41) is 0. The van der Waals surface area contributed by atoms with Gasteiger partial charge in [0.2, 0.25) is 0 Å². The molecule has 0 unspecified atom stereocenters. The van der Waals surface area contributed by atoms with Gasteiger partial charge in [0.25, 0.3) is 0 Å². The van der Waals surface area contributed by atoms with Gasteiger partial charge in [0.05, 0.1) is 0 Å². The van der Waals surface area contributed by atoms with E-state index >= 15 is 0 Å². The van der Waals surface area contributed by atoms with Crippen molar-refractivity contribution in [2.45, 2.75) is 13.3 Å². The van der Waals surface area contributed by atoms with Crippen molar-refractivity contribution >= 4 is 18.8 Å². The molecule has 0 aliphatic heterocycles. The third-order valence-corrected chi connectivity index (χ3v) is 3.37. The van der Waals surface area contributed by atoms with Gasteiger partial charge < -0.3 is 0 Å². The number of nitrogens with zero attached hydrogens (tertiary/aromatic N) is 1. The van der Waals surface area contributed by atoms with Crippen LogP contribution in [0, 0.1) is 0 Å². The molecule has 0 rings (SSSR count). The van der Waals surface area contributed by atoms with E-state index in [1.54, 1.807) is 0 Å². The molecule has 0 aromatic heterocycles. The van der Waals surface area contributed by atoms with E-state index in [-0.39, 0.29) is 0 Å². The zero-order chi connectivity index (χ0) is 5.70.